The lowest BCUT2D eigenvalue weighted by Gasteiger charge is -2.63. The molecule has 0 heterocycles. The van der Waals surface area contributed by atoms with Gasteiger partial charge >= 0.3 is 11.9 Å². The molecule has 25 nitrogen and oxygen atoms in total. The van der Waals surface area contributed by atoms with E-state index in [2.05, 4.69) is 42.0 Å². The van der Waals surface area contributed by atoms with Crippen LogP contribution in [0.4, 0.5) is 11.4 Å². The molecular formula is C63H94N6O19. The molecule has 0 saturated heterocycles. The number of fused-ring (bicyclic) bond motifs is 5. The van der Waals surface area contributed by atoms with E-state index in [4.69, 9.17) is 49.4 Å². The van der Waals surface area contributed by atoms with Crippen molar-refractivity contribution in [3.8, 4) is 23.0 Å². The number of nitrogens with one attached hydrogen (secondary N) is 4. The van der Waals surface area contributed by atoms with Crippen molar-refractivity contribution in [1.29, 1.82) is 0 Å². The SMILES string of the molecule is CCCCCCC(C)(O)C1CCC2C3CC(OC(=O)CCC(=O)NCCOCCOCC(=O)Nc4ccc(OC)c(C(N)=O)c4O)C4CC(OC(=O)CCC(=O)NCCOCCOCC(=O)Nc5ccc(OC)c(C(N)=O)c5O)CCC4(C)C3CCC21C. The second kappa shape index (κ2) is 33.1. The molecule has 0 bridgehead atoms. The molecule has 4 saturated carbocycles. The van der Waals surface area contributed by atoms with Crippen molar-refractivity contribution in [1.82, 2.24) is 10.6 Å². The number of rotatable bonds is 36. The molecule has 6 rings (SSSR count). The molecule has 2 aromatic carbocycles. The minimum Gasteiger partial charge on any atom is -0.505 e. The number of phenols is 2. The summed E-state index contributed by atoms with van der Waals surface area (Å²) in [7, 11) is 2.62. The number of unbranched alkanes of at least 4 members (excludes halogenated alkanes) is 3. The van der Waals surface area contributed by atoms with Crippen LogP contribution in [0.1, 0.15) is 158 Å². The van der Waals surface area contributed by atoms with Gasteiger partial charge in [0.1, 0.15) is 48.0 Å². The van der Waals surface area contributed by atoms with E-state index in [1.54, 1.807) is 0 Å². The predicted octanol–water partition coefficient (Wildman–Crippen LogP) is 5.56. The van der Waals surface area contributed by atoms with E-state index in [9.17, 15) is 53.7 Å². The molecule has 4 aliphatic rings. The van der Waals surface area contributed by atoms with Crippen molar-refractivity contribution in [3.63, 3.8) is 0 Å². The Balaban J connectivity index is 0.939. The Labute approximate surface area is 515 Å². The van der Waals surface area contributed by atoms with E-state index >= 15 is 0 Å². The molecule has 25 heteroatoms. The van der Waals surface area contributed by atoms with Crippen LogP contribution in [0.3, 0.4) is 0 Å². The van der Waals surface area contributed by atoms with E-state index < -0.39 is 64.9 Å². The molecule has 88 heavy (non-hydrogen) atoms. The van der Waals surface area contributed by atoms with Crippen molar-refractivity contribution in [3.05, 3.63) is 35.4 Å². The maximum atomic E-state index is 13.9. The zero-order valence-electron chi connectivity index (χ0n) is 52.0. The van der Waals surface area contributed by atoms with Crippen LogP contribution in [-0.4, -0.2) is 161 Å². The first kappa shape index (κ1) is 70.3. The number of aromatic hydroxyl groups is 2. The van der Waals surface area contributed by atoms with Gasteiger partial charge in [0.25, 0.3) is 11.8 Å². The first-order chi connectivity index (χ1) is 42.0. The highest BCUT2D eigenvalue weighted by atomic mass is 16.6. The Kier molecular flexibility index (Phi) is 26.5. The van der Waals surface area contributed by atoms with Gasteiger partial charge in [-0.2, -0.15) is 0 Å². The fraction of sp³-hybridized carbons (Fsp3) is 0.683. The summed E-state index contributed by atoms with van der Waals surface area (Å²) in [5.74, 6) is -4.84. The maximum absolute atomic E-state index is 13.9. The first-order valence-electron chi connectivity index (χ1n) is 30.9. The molecule has 10 atom stereocenters. The third-order valence-electron chi connectivity index (χ3n) is 18.7. The van der Waals surface area contributed by atoms with Gasteiger partial charge in [0, 0.05) is 31.8 Å². The minimum atomic E-state index is -0.934. The standard InChI is InChI=1S/C63H94N6O19/c1-7-8-9-10-23-63(4,80)48-16-11-40-39-35-47(88-54(75)20-18-50(71)67-27-29-84-31-33-86-37-52(73)69-44-13-15-46(82-6)56(58(44)77)60(65)79)42-34-38(21-24-61(42,2)41(39)22-25-62(40,48)3)87-53(74)19-17-49(70)66-26-28-83-30-32-85-36-51(72)68-43-12-14-45(81-5)55(57(43)76)59(64)78/h12-15,38-42,47-48,76-77,80H,7-11,16-37H2,1-6H3,(H2,64,78)(H2,65,79)(H,66,70)(H,67,71)(H,68,72)(H,69,73). The monoisotopic (exact) mass is 1240 g/mol. The van der Waals surface area contributed by atoms with Gasteiger partial charge in [-0.25, -0.2) is 0 Å². The molecular weight excluding hydrogens is 1140 g/mol. The molecule has 4 aliphatic carbocycles. The number of carbonyl (C=O) groups is 8. The number of carbonyl (C=O) groups excluding carboxylic acids is 8. The van der Waals surface area contributed by atoms with Crippen LogP contribution >= 0.6 is 0 Å². The summed E-state index contributed by atoms with van der Waals surface area (Å²) in [4.78, 5) is 101. The smallest absolute Gasteiger partial charge is 0.306 e. The van der Waals surface area contributed by atoms with Gasteiger partial charge in [0.2, 0.25) is 23.6 Å². The lowest BCUT2D eigenvalue weighted by molar-refractivity contribution is -0.201. The molecule has 11 N–H and O–H groups in total. The van der Waals surface area contributed by atoms with E-state index in [0.717, 1.165) is 64.2 Å². The highest BCUT2D eigenvalue weighted by Gasteiger charge is 2.64. The number of esters is 2. The molecule has 2 aromatic rings. The van der Waals surface area contributed by atoms with Gasteiger partial charge in [-0.15, -0.1) is 0 Å². The number of hydrogen-bond acceptors (Lipinski definition) is 19. The number of nitrogens with two attached hydrogens (primary N) is 2. The number of benzene rings is 2. The van der Waals surface area contributed by atoms with Gasteiger partial charge in [-0.1, -0.05) is 46.5 Å². The highest BCUT2D eigenvalue weighted by Crippen LogP contribution is 2.69. The summed E-state index contributed by atoms with van der Waals surface area (Å²) < 4.78 is 44.4. The second-order valence-electron chi connectivity index (χ2n) is 24.4. The average Bonchev–Trinajstić information content (AvgIpc) is 1.32. The van der Waals surface area contributed by atoms with Crippen LogP contribution in [0, 0.1) is 40.4 Å². The van der Waals surface area contributed by atoms with E-state index in [-0.39, 0.29) is 166 Å². The number of amides is 6. The van der Waals surface area contributed by atoms with Gasteiger partial charge in [0.05, 0.1) is 83.7 Å². The number of aliphatic hydroxyl groups is 1. The lowest BCUT2D eigenvalue weighted by Crippen LogP contribution is -2.60. The molecule has 0 radical (unpaired) electrons. The Hall–Kier alpha value is -6.80. The first-order valence-corrected chi connectivity index (χ1v) is 30.9. The molecule has 0 aromatic heterocycles. The van der Waals surface area contributed by atoms with Crippen LogP contribution in [-0.2, 0) is 57.2 Å². The number of ether oxygens (including phenoxy) is 8. The predicted molar refractivity (Wildman–Crippen MR) is 321 cm³/mol. The van der Waals surface area contributed by atoms with Crippen molar-refractivity contribution in [2.75, 3.05) is 90.8 Å². The number of anilines is 2. The quantitative estimate of drug-likeness (QED) is 0.0229. The Morgan fingerprint density at radius 3 is 1.60 bits per heavy atom. The molecule has 10 unspecified atom stereocenters. The summed E-state index contributed by atoms with van der Waals surface area (Å²) in [6.45, 7) is 9.04. The fourth-order valence-corrected chi connectivity index (χ4v) is 14.5. The Bertz CT molecular complexity index is 2740. The second-order valence-corrected chi connectivity index (χ2v) is 24.4. The largest absolute Gasteiger partial charge is 0.505 e. The normalized spacial score (nSPS) is 24.2. The van der Waals surface area contributed by atoms with Gasteiger partial charge < -0.3 is 85.9 Å². The van der Waals surface area contributed by atoms with Gasteiger partial charge in [0.15, 0.2) is 11.5 Å². The molecule has 490 valence electrons. The van der Waals surface area contributed by atoms with Gasteiger partial charge in [-0.05, 0) is 123 Å². The fourth-order valence-electron chi connectivity index (χ4n) is 14.5. The van der Waals surface area contributed by atoms with E-state index in [0.29, 0.717) is 31.1 Å². The third-order valence-corrected chi connectivity index (χ3v) is 18.7. The van der Waals surface area contributed by atoms with Crippen LogP contribution in [0.2, 0.25) is 0 Å². The molecule has 4 fully saturated rings. The van der Waals surface area contributed by atoms with E-state index in [1.165, 1.54) is 38.5 Å². The molecule has 0 aliphatic heterocycles. The number of primary amides is 2. The van der Waals surface area contributed by atoms with Crippen molar-refractivity contribution in [2.24, 2.45) is 51.9 Å². The topological polar surface area (TPSA) is 371 Å². The summed E-state index contributed by atoms with van der Waals surface area (Å²) in [5.41, 5.74) is 8.92. The summed E-state index contributed by atoms with van der Waals surface area (Å²) in [6, 6.07) is 5.47. The van der Waals surface area contributed by atoms with Crippen LogP contribution in [0.15, 0.2) is 24.3 Å². The van der Waals surface area contributed by atoms with Gasteiger partial charge in [-0.3, -0.25) is 38.4 Å². The average molecular weight is 1240 g/mol. The van der Waals surface area contributed by atoms with Crippen LogP contribution < -0.4 is 42.2 Å². The van der Waals surface area contributed by atoms with Crippen molar-refractivity contribution in [2.45, 2.75) is 155 Å². The summed E-state index contributed by atoms with van der Waals surface area (Å²) in [5, 5.41) is 43.3. The zero-order valence-corrected chi connectivity index (χ0v) is 52.0. The molecule has 0 spiro atoms. The molecule has 6 amide bonds. The number of hydrogen-bond donors (Lipinski definition) is 9. The Morgan fingerprint density at radius 2 is 1.09 bits per heavy atom. The van der Waals surface area contributed by atoms with Crippen LogP contribution in [0.25, 0.3) is 0 Å². The van der Waals surface area contributed by atoms with Crippen molar-refractivity contribution < 1.29 is 91.6 Å². The number of methoxy groups -OCH3 is 2. The summed E-state index contributed by atoms with van der Waals surface area (Å²) >= 11 is 0. The summed E-state index contributed by atoms with van der Waals surface area (Å²) in [6.07, 6.45) is 10.1. The van der Waals surface area contributed by atoms with Crippen molar-refractivity contribution >= 4 is 58.8 Å². The Morgan fingerprint density at radius 1 is 0.591 bits per heavy atom. The zero-order chi connectivity index (χ0) is 64.2. The van der Waals surface area contributed by atoms with Crippen LogP contribution in [0.5, 0.6) is 23.0 Å². The highest BCUT2D eigenvalue weighted by molar-refractivity contribution is 6.03. The minimum absolute atomic E-state index is 0.0410. The maximum Gasteiger partial charge on any atom is 0.306 e. The third kappa shape index (κ3) is 18.6. The van der Waals surface area contributed by atoms with E-state index in [1.807, 2.05) is 6.92 Å². The lowest BCUT2D eigenvalue weighted by atomic mass is 9.43.